The van der Waals surface area contributed by atoms with Gasteiger partial charge in [0.1, 0.15) is 5.82 Å². The molecule has 0 aromatic carbocycles. The number of nitrogens with zero attached hydrogens (tertiary/aromatic N) is 3. The molecule has 4 nitrogen and oxygen atoms in total. The van der Waals surface area contributed by atoms with Gasteiger partial charge in [-0.2, -0.15) is 0 Å². The largest absolute Gasteiger partial charge is 0.354 e. The number of anilines is 1. The van der Waals surface area contributed by atoms with E-state index in [2.05, 4.69) is 34.7 Å². The maximum atomic E-state index is 5.58. The first-order valence-electron chi connectivity index (χ1n) is 6.87. The predicted molar refractivity (Wildman–Crippen MR) is 76.1 cm³/mol. The summed E-state index contributed by atoms with van der Waals surface area (Å²) < 4.78 is 0. The molecule has 18 heavy (non-hydrogen) atoms. The van der Waals surface area contributed by atoms with Gasteiger partial charge in [0, 0.05) is 32.4 Å². The number of aryl methyl sites for hydroxylation is 1. The Kier molecular flexibility index (Phi) is 4.55. The van der Waals surface area contributed by atoms with Crippen molar-refractivity contribution in [1.82, 2.24) is 9.88 Å². The molecule has 0 amide bonds. The van der Waals surface area contributed by atoms with Crippen molar-refractivity contribution in [3.8, 4) is 0 Å². The van der Waals surface area contributed by atoms with E-state index in [1.807, 2.05) is 6.20 Å². The summed E-state index contributed by atoms with van der Waals surface area (Å²) in [6.07, 6.45) is 2.89. The number of rotatable bonds is 4. The van der Waals surface area contributed by atoms with E-state index < -0.39 is 0 Å². The van der Waals surface area contributed by atoms with Crippen LogP contribution in [-0.4, -0.2) is 49.2 Å². The number of hydrogen-bond donors (Lipinski definition) is 1. The van der Waals surface area contributed by atoms with Crippen molar-refractivity contribution in [1.29, 1.82) is 0 Å². The molecular weight excluding hydrogens is 224 g/mol. The van der Waals surface area contributed by atoms with Crippen LogP contribution in [0.1, 0.15) is 18.1 Å². The SMILES string of the molecule is CCN1CCN(c2ncc(CCN)cc2C)CC1. The molecule has 2 rings (SSSR count). The average Bonchev–Trinajstić information content (AvgIpc) is 2.40. The van der Waals surface area contributed by atoms with E-state index in [0.29, 0.717) is 6.54 Å². The molecule has 0 radical (unpaired) electrons. The molecule has 1 aliphatic rings. The Bertz CT molecular complexity index is 383. The molecule has 1 aliphatic heterocycles. The van der Waals surface area contributed by atoms with E-state index in [1.165, 1.54) is 11.1 Å². The maximum absolute atomic E-state index is 5.58. The molecule has 2 heterocycles. The molecule has 0 aliphatic carbocycles. The van der Waals surface area contributed by atoms with Crippen LogP contribution < -0.4 is 10.6 Å². The van der Waals surface area contributed by atoms with Crippen LogP contribution in [0.15, 0.2) is 12.3 Å². The number of hydrogen-bond acceptors (Lipinski definition) is 4. The topological polar surface area (TPSA) is 45.4 Å². The number of pyridine rings is 1. The Morgan fingerprint density at radius 2 is 2.00 bits per heavy atom. The third-order valence-electron chi connectivity index (χ3n) is 3.66. The normalized spacial score (nSPS) is 17.2. The second-order valence-corrected chi connectivity index (χ2v) is 4.94. The molecular formula is C14H24N4. The fourth-order valence-electron chi connectivity index (χ4n) is 2.54. The van der Waals surface area contributed by atoms with E-state index in [4.69, 9.17) is 5.73 Å². The molecule has 2 N–H and O–H groups in total. The van der Waals surface area contributed by atoms with Crippen LogP contribution in [0.25, 0.3) is 0 Å². The zero-order valence-corrected chi connectivity index (χ0v) is 11.5. The summed E-state index contributed by atoms with van der Waals surface area (Å²) in [5, 5.41) is 0. The molecule has 0 unspecified atom stereocenters. The number of piperazine rings is 1. The highest BCUT2D eigenvalue weighted by Crippen LogP contribution is 2.19. The maximum Gasteiger partial charge on any atom is 0.131 e. The van der Waals surface area contributed by atoms with Gasteiger partial charge in [0.2, 0.25) is 0 Å². The summed E-state index contributed by atoms with van der Waals surface area (Å²) in [4.78, 5) is 9.50. The van der Waals surface area contributed by atoms with Crippen molar-refractivity contribution in [2.24, 2.45) is 5.73 Å². The Morgan fingerprint density at radius 3 is 2.56 bits per heavy atom. The van der Waals surface area contributed by atoms with Crippen molar-refractivity contribution in [2.45, 2.75) is 20.3 Å². The second kappa shape index (κ2) is 6.16. The van der Waals surface area contributed by atoms with Crippen LogP contribution in [0.4, 0.5) is 5.82 Å². The average molecular weight is 248 g/mol. The molecule has 4 heteroatoms. The minimum Gasteiger partial charge on any atom is -0.354 e. The lowest BCUT2D eigenvalue weighted by Gasteiger charge is -2.35. The van der Waals surface area contributed by atoms with E-state index in [-0.39, 0.29) is 0 Å². The van der Waals surface area contributed by atoms with Gasteiger partial charge in [-0.05, 0) is 37.6 Å². The van der Waals surface area contributed by atoms with Crippen molar-refractivity contribution in [3.05, 3.63) is 23.4 Å². The van der Waals surface area contributed by atoms with Gasteiger partial charge in [-0.3, -0.25) is 0 Å². The number of aromatic nitrogens is 1. The zero-order valence-electron chi connectivity index (χ0n) is 11.5. The molecule has 0 bridgehead atoms. The summed E-state index contributed by atoms with van der Waals surface area (Å²) in [7, 11) is 0. The van der Waals surface area contributed by atoms with E-state index in [1.54, 1.807) is 0 Å². The molecule has 0 atom stereocenters. The third kappa shape index (κ3) is 3.00. The van der Waals surface area contributed by atoms with Crippen molar-refractivity contribution >= 4 is 5.82 Å². The van der Waals surface area contributed by atoms with Gasteiger partial charge < -0.3 is 15.5 Å². The first-order valence-corrected chi connectivity index (χ1v) is 6.87. The smallest absolute Gasteiger partial charge is 0.131 e. The molecule has 1 aromatic heterocycles. The summed E-state index contributed by atoms with van der Waals surface area (Å²) >= 11 is 0. The molecule has 1 fully saturated rings. The van der Waals surface area contributed by atoms with Gasteiger partial charge in [-0.1, -0.05) is 13.0 Å². The Balaban J connectivity index is 2.05. The summed E-state index contributed by atoms with van der Waals surface area (Å²) in [6.45, 7) is 10.7. The summed E-state index contributed by atoms with van der Waals surface area (Å²) in [5.41, 5.74) is 8.09. The van der Waals surface area contributed by atoms with Crippen LogP contribution in [0.2, 0.25) is 0 Å². The fourth-order valence-corrected chi connectivity index (χ4v) is 2.54. The predicted octanol–water partition coefficient (Wildman–Crippen LogP) is 1.03. The van der Waals surface area contributed by atoms with Crippen LogP contribution in [0, 0.1) is 6.92 Å². The minimum absolute atomic E-state index is 0.690. The minimum atomic E-state index is 0.690. The van der Waals surface area contributed by atoms with Crippen LogP contribution in [0.3, 0.4) is 0 Å². The lowest BCUT2D eigenvalue weighted by Crippen LogP contribution is -2.46. The summed E-state index contributed by atoms with van der Waals surface area (Å²) in [6, 6.07) is 2.22. The van der Waals surface area contributed by atoms with Crippen molar-refractivity contribution in [2.75, 3.05) is 44.2 Å². The van der Waals surface area contributed by atoms with E-state index in [0.717, 1.165) is 45.0 Å². The third-order valence-corrected chi connectivity index (χ3v) is 3.66. The first-order chi connectivity index (χ1) is 8.74. The standard InChI is InChI=1S/C14H24N4/c1-3-17-6-8-18(9-7-17)14-12(2)10-13(4-5-15)11-16-14/h10-11H,3-9,15H2,1-2H3. The van der Waals surface area contributed by atoms with Gasteiger partial charge >= 0.3 is 0 Å². The van der Waals surface area contributed by atoms with Gasteiger partial charge in [-0.25, -0.2) is 4.98 Å². The Hall–Kier alpha value is -1.13. The molecule has 1 saturated heterocycles. The molecule has 0 spiro atoms. The lowest BCUT2D eigenvalue weighted by atomic mass is 10.1. The highest BCUT2D eigenvalue weighted by Gasteiger charge is 2.18. The summed E-state index contributed by atoms with van der Waals surface area (Å²) in [5.74, 6) is 1.14. The van der Waals surface area contributed by atoms with Crippen LogP contribution in [-0.2, 0) is 6.42 Å². The van der Waals surface area contributed by atoms with Gasteiger partial charge in [0.15, 0.2) is 0 Å². The monoisotopic (exact) mass is 248 g/mol. The van der Waals surface area contributed by atoms with Crippen molar-refractivity contribution < 1.29 is 0 Å². The Morgan fingerprint density at radius 1 is 1.28 bits per heavy atom. The number of likely N-dealkylation sites (N-methyl/N-ethyl adjacent to an activating group) is 1. The zero-order chi connectivity index (χ0) is 13.0. The van der Waals surface area contributed by atoms with Gasteiger partial charge in [0.05, 0.1) is 0 Å². The second-order valence-electron chi connectivity index (χ2n) is 4.94. The Labute approximate surface area is 110 Å². The van der Waals surface area contributed by atoms with Crippen LogP contribution in [0.5, 0.6) is 0 Å². The highest BCUT2D eigenvalue weighted by atomic mass is 15.3. The highest BCUT2D eigenvalue weighted by molar-refractivity contribution is 5.47. The fraction of sp³-hybridized carbons (Fsp3) is 0.643. The van der Waals surface area contributed by atoms with Gasteiger partial charge in [-0.15, -0.1) is 0 Å². The lowest BCUT2D eigenvalue weighted by molar-refractivity contribution is 0.270. The molecule has 100 valence electrons. The number of nitrogens with two attached hydrogens (primary N) is 1. The van der Waals surface area contributed by atoms with E-state index >= 15 is 0 Å². The molecule has 1 aromatic rings. The van der Waals surface area contributed by atoms with E-state index in [9.17, 15) is 0 Å². The van der Waals surface area contributed by atoms with Crippen LogP contribution >= 0.6 is 0 Å². The molecule has 0 saturated carbocycles. The quantitative estimate of drug-likeness (QED) is 0.864. The first kappa shape index (κ1) is 13.3. The van der Waals surface area contributed by atoms with Crippen molar-refractivity contribution in [3.63, 3.8) is 0 Å². The van der Waals surface area contributed by atoms with Gasteiger partial charge in [0.25, 0.3) is 0 Å².